The third kappa shape index (κ3) is 2.57. The predicted molar refractivity (Wildman–Crippen MR) is 71.8 cm³/mol. The molecule has 1 saturated carbocycles. The summed E-state index contributed by atoms with van der Waals surface area (Å²) in [5.74, 6) is -1.50. The van der Waals surface area contributed by atoms with Gasteiger partial charge in [0.15, 0.2) is 5.78 Å². The van der Waals surface area contributed by atoms with Crippen molar-refractivity contribution in [1.29, 1.82) is 0 Å². The van der Waals surface area contributed by atoms with Crippen LogP contribution in [0.3, 0.4) is 0 Å². The van der Waals surface area contributed by atoms with Crippen molar-refractivity contribution in [3.8, 4) is 0 Å². The number of allylic oxidation sites excluding steroid dienone is 1. The third-order valence-electron chi connectivity index (χ3n) is 4.67. The summed E-state index contributed by atoms with van der Waals surface area (Å²) in [4.78, 5) is 24.3. The van der Waals surface area contributed by atoms with Crippen LogP contribution in [0.25, 0.3) is 0 Å². The Hall–Kier alpha value is -1.04. The number of hydrogen-bond donors (Lipinski definition) is 3. The van der Waals surface area contributed by atoms with Crippen molar-refractivity contribution in [1.82, 2.24) is 0 Å². The molecule has 0 saturated heterocycles. The van der Waals surface area contributed by atoms with Crippen molar-refractivity contribution in [3.05, 3.63) is 11.6 Å². The fraction of sp³-hybridized carbons (Fsp3) is 0.733. The second-order valence-corrected chi connectivity index (χ2v) is 6.09. The molecule has 2 aliphatic carbocycles. The topological polar surface area (TPSA) is 94.8 Å². The quantitative estimate of drug-likeness (QED) is 0.686. The molecule has 2 aliphatic rings. The first-order valence-electron chi connectivity index (χ1n) is 7.13. The number of aliphatic hydroxyl groups excluding tert-OH is 2. The van der Waals surface area contributed by atoms with E-state index in [1.54, 1.807) is 0 Å². The van der Waals surface area contributed by atoms with E-state index in [1.807, 2.05) is 0 Å². The second-order valence-electron chi connectivity index (χ2n) is 6.09. The van der Waals surface area contributed by atoms with Gasteiger partial charge in [0.25, 0.3) is 0 Å². The molecule has 112 valence electrons. The zero-order valence-electron chi connectivity index (χ0n) is 11.7. The van der Waals surface area contributed by atoms with E-state index >= 15 is 0 Å². The van der Waals surface area contributed by atoms with Gasteiger partial charge < -0.3 is 15.3 Å². The number of Topliss-reactive ketones (excluding diaryl/α,β-unsaturated/α-hetero) is 1. The van der Waals surface area contributed by atoms with Crippen LogP contribution in [0.2, 0.25) is 0 Å². The Bertz CT molecular complexity index is 438. The average molecular weight is 282 g/mol. The lowest BCUT2D eigenvalue weighted by atomic mass is 9.61. The molecule has 0 aliphatic heterocycles. The lowest BCUT2D eigenvalue weighted by Crippen LogP contribution is -2.53. The van der Waals surface area contributed by atoms with E-state index in [0.29, 0.717) is 12.8 Å². The number of hydrogen-bond acceptors (Lipinski definition) is 5. The van der Waals surface area contributed by atoms with E-state index in [0.717, 1.165) is 12.0 Å². The summed E-state index contributed by atoms with van der Waals surface area (Å²) in [6.07, 6.45) is 3.48. The average Bonchev–Trinajstić information content (AvgIpc) is 2.39. The van der Waals surface area contributed by atoms with Crippen molar-refractivity contribution >= 4 is 11.6 Å². The fourth-order valence-electron chi connectivity index (χ4n) is 3.55. The Kier molecular flexibility index (Phi) is 4.42. The molecule has 5 heteroatoms. The van der Waals surface area contributed by atoms with E-state index in [-0.39, 0.29) is 37.3 Å². The van der Waals surface area contributed by atoms with E-state index in [9.17, 15) is 19.8 Å². The minimum atomic E-state index is -1.69. The molecule has 0 aromatic rings. The lowest BCUT2D eigenvalue weighted by Gasteiger charge is -2.44. The van der Waals surface area contributed by atoms with Crippen LogP contribution in [0, 0.1) is 17.8 Å². The molecule has 0 heterocycles. The highest BCUT2D eigenvalue weighted by molar-refractivity contribution is 6.03. The first-order chi connectivity index (χ1) is 9.41. The highest BCUT2D eigenvalue weighted by Gasteiger charge is 2.51. The maximum Gasteiger partial charge on any atom is 0.187 e. The van der Waals surface area contributed by atoms with Crippen LogP contribution in [0.4, 0.5) is 0 Å². The Morgan fingerprint density at radius 2 is 2.10 bits per heavy atom. The van der Waals surface area contributed by atoms with Gasteiger partial charge in [0.1, 0.15) is 11.4 Å². The van der Waals surface area contributed by atoms with Crippen LogP contribution >= 0.6 is 0 Å². The Labute approximate surface area is 118 Å². The third-order valence-corrected chi connectivity index (χ3v) is 4.67. The molecule has 0 bridgehead atoms. The van der Waals surface area contributed by atoms with Crippen LogP contribution in [-0.2, 0) is 9.59 Å². The van der Waals surface area contributed by atoms with E-state index in [4.69, 9.17) is 5.11 Å². The van der Waals surface area contributed by atoms with E-state index in [1.165, 1.54) is 13.0 Å². The van der Waals surface area contributed by atoms with Crippen molar-refractivity contribution in [2.24, 2.45) is 17.8 Å². The molecular weight excluding hydrogens is 260 g/mol. The van der Waals surface area contributed by atoms with Gasteiger partial charge in [-0.15, -0.1) is 0 Å². The molecule has 1 fully saturated rings. The van der Waals surface area contributed by atoms with Gasteiger partial charge in [0, 0.05) is 19.6 Å². The van der Waals surface area contributed by atoms with Crippen molar-refractivity contribution < 1.29 is 24.9 Å². The molecule has 4 unspecified atom stereocenters. The summed E-state index contributed by atoms with van der Waals surface area (Å²) in [6, 6.07) is 0. The summed E-state index contributed by atoms with van der Waals surface area (Å²) in [5, 5.41) is 28.6. The van der Waals surface area contributed by atoms with Gasteiger partial charge in [-0.2, -0.15) is 0 Å². The van der Waals surface area contributed by atoms with Gasteiger partial charge in [-0.05, 0) is 44.1 Å². The maximum absolute atomic E-state index is 12.2. The first kappa shape index (κ1) is 15.4. The molecule has 5 nitrogen and oxygen atoms in total. The molecular formula is C15H22O5. The molecule has 0 radical (unpaired) electrons. The largest absolute Gasteiger partial charge is 0.396 e. The van der Waals surface area contributed by atoms with Gasteiger partial charge in [-0.25, -0.2) is 0 Å². The molecule has 0 spiro atoms. The van der Waals surface area contributed by atoms with E-state index in [2.05, 4.69) is 0 Å². The number of carbonyl (C=O) groups is 2. The van der Waals surface area contributed by atoms with Crippen LogP contribution in [-0.4, -0.2) is 45.7 Å². The van der Waals surface area contributed by atoms with Crippen molar-refractivity contribution in [3.63, 3.8) is 0 Å². The summed E-state index contributed by atoms with van der Waals surface area (Å²) in [7, 11) is 0. The number of aliphatic hydroxyl groups is 3. The van der Waals surface area contributed by atoms with Gasteiger partial charge in [-0.3, -0.25) is 9.59 Å². The Balaban J connectivity index is 2.33. The molecule has 0 amide bonds. The normalized spacial score (nSPS) is 37.3. The highest BCUT2D eigenvalue weighted by Crippen LogP contribution is 2.45. The number of ketones is 2. The summed E-state index contributed by atoms with van der Waals surface area (Å²) in [6.45, 7) is 1.19. The maximum atomic E-state index is 12.2. The molecule has 0 aromatic carbocycles. The zero-order chi connectivity index (χ0) is 14.9. The smallest absolute Gasteiger partial charge is 0.187 e. The monoisotopic (exact) mass is 282 g/mol. The van der Waals surface area contributed by atoms with Crippen LogP contribution < -0.4 is 0 Å². The summed E-state index contributed by atoms with van der Waals surface area (Å²) >= 11 is 0. The summed E-state index contributed by atoms with van der Waals surface area (Å²) in [5.41, 5.74) is -0.824. The number of fused-ring (bicyclic) bond motifs is 1. The molecule has 0 aromatic heterocycles. The highest BCUT2D eigenvalue weighted by atomic mass is 16.3. The van der Waals surface area contributed by atoms with Crippen LogP contribution in [0.1, 0.15) is 32.6 Å². The molecule has 20 heavy (non-hydrogen) atoms. The predicted octanol–water partition coefficient (Wildman–Crippen LogP) is 0.223. The Morgan fingerprint density at radius 3 is 2.70 bits per heavy atom. The van der Waals surface area contributed by atoms with Crippen LogP contribution in [0.15, 0.2) is 11.6 Å². The van der Waals surface area contributed by atoms with Gasteiger partial charge in [0.05, 0.1) is 5.92 Å². The molecule has 3 N–H and O–H groups in total. The van der Waals surface area contributed by atoms with Crippen molar-refractivity contribution in [2.75, 3.05) is 13.2 Å². The summed E-state index contributed by atoms with van der Waals surface area (Å²) < 4.78 is 0. The van der Waals surface area contributed by atoms with Gasteiger partial charge >= 0.3 is 0 Å². The second kappa shape index (κ2) is 5.76. The van der Waals surface area contributed by atoms with E-state index < -0.39 is 17.3 Å². The van der Waals surface area contributed by atoms with Crippen molar-refractivity contribution in [2.45, 2.75) is 38.2 Å². The first-order valence-corrected chi connectivity index (χ1v) is 7.13. The SMILES string of the molecule is CC1(O)C(=O)C=C2CC(CO)CCC2C1C(=O)CCO. The zero-order valence-corrected chi connectivity index (χ0v) is 11.7. The Morgan fingerprint density at radius 1 is 1.40 bits per heavy atom. The molecule has 2 rings (SSSR count). The standard InChI is InChI=1S/C15H22O5/c1-15(20)13(19)7-10-6-9(8-17)2-3-11(10)14(15)12(18)4-5-16/h7,9,11,14,16-17,20H,2-6,8H2,1H3. The van der Waals surface area contributed by atoms with Gasteiger partial charge in [0.2, 0.25) is 0 Å². The minimum Gasteiger partial charge on any atom is -0.396 e. The fourth-order valence-corrected chi connectivity index (χ4v) is 3.55. The van der Waals surface area contributed by atoms with Crippen LogP contribution in [0.5, 0.6) is 0 Å². The number of carbonyl (C=O) groups excluding carboxylic acids is 2. The number of rotatable bonds is 4. The minimum absolute atomic E-state index is 0.0404. The van der Waals surface area contributed by atoms with Gasteiger partial charge in [-0.1, -0.05) is 5.57 Å². The lowest BCUT2D eigenvalue weighted by molar-refractivity contribution is -0.150. The molecule has 4 atom stereocenters.